The minimum absolute atomic E-state index is 0.0332. The van der Waals surface area contributed by atoms with E-state index in [4.69, 9.17) is 16.3 Å². The van der Waals surface area contributed by atoms with Crippen molar-refractivity contribution in [1.29, 1.82) is 0 Å². The quantitative estimate of drug-likeness (QED) is 0.796. The molecule has 1 aromatic carbocycles. The number of benzene rings is 1. The SMILES string of the molecule is COc1ccc(C)cc1C(=O)N1CCCCC1CCl. The molecular weight excluding hydrogens is 262 g/mol. The molecule has 1 heterocycles. The summed E-state index contributed by atoms with van der Waals surface area (Å²) >= 11 is 5.99. The third-order valence-corrected chi connectivity index (χ3v) is 4.01. The van der Waals surface area contributed by atoms with Gasteiger partial charge in [0.15, 0.2) is 0 Å². The van der Waals surface area contributed by atoms with Crippen molar-refractivity contribution in [3.63, 3.8) is 0 Å². The normalized spacial score (nSPS) is 19.3. The fourth-order valence-electron chi connectivity index (χ4n) is 2.57. The molecule has 1 amide bonds. The number of rotatable bonds is 3. The molecule has 1 saturated heterocycles. The maximum absolute atomic E-state index is 12.7. The van der Waals surface area contributed by atoms with Crippen molar-refractivity contribution in [2.45, 2.75) is 32.2 Å². The van der Waals surface area contributed by atoms with Gasteiger partial charge in [-0.25, -0.2) is 0 Å². The molecule has 0 aliphatic carbocycles. The van der Waals surface area contributed by atoms with E-state index in [1.165, 1.54) is 0 Å². The zero-order valence-corrected chi connectivity index (χ0v) is 12.2. The van der Waals surface area contributed by atoms with Gasteiger partial charge in [0.2, 0.25) is 0 Å². The fourth-order valence-corrected chi connectivity index (χ4v) is 2.89. The van der Waals surface area contributed by atoms with E-state index < -0.39 is 0 Å². The Kier molecular flexibility index (Phi) is 4.70. The molecule has 1 aliphatic rings. The predicted molar refractivity (Wildman–Crippen MR) is 77.1 cm³/mol. The van der Waals surface area contributed by atoms with Gasteiger partial charge in [0.05, 0.1) is 12.7 Å². The van der Waals surface area contributed by atoms with Crippen LogP contribution in [-0.2, 0) is 0 Å². The highest BCUT2D eigenvalue weighted by molar-refractivity contribution is 6.18. The van der Waals surface area contributed by atoms with E-state index in [0.29, 0.717) is 17.2 Å². The topological polar surface area (TPSA) is 29.5 Å². The van der Waals surface area contributed by atoms with Crippen molar-refractivity contribution < 1.29 is 9.53 Å². The number of hydrogen-bond donors (Lipinski definition) is 0. The number of halogens is 1. The van der Waals surface area contributed by atoms with Crippen LogP contribution in [0.5, 0.6) is 5.75 Å². The lowest BCUT2D eigenvalue weighted by Crippen LogP contribution is -2.44. The van der Waals surface area contributed by atoms with Gasteiger partial charge in [-0.2, -0.15) is 0 Å². The standard InChI is InChI=1S/C15H20ClNO2/c1-11-6-7-14(19-2)13(9-11)15(18)17-8-4-3-5-12(17)10-16/h6-7,9,12H,3-5,8,10H2,1-2H3. The maximum atomic E-state index is 12.7. The number of nitrogens with zero attached hydrogens (tertiary/aromatic N) is 1. The minimum Gasteiger partial charge on any atom is -0.496 e. The number of carbonyl (C=O) groups is 1. The summed E-state index contributed by atoms with van der Waals surface area (Å²) in [5, 5.41) is 0. The number of hydrogen-bond acceptors (Lipinski definition) is 2. The molecule has 1 aliphatic heterocycles. The van der Waals surface area contributed by atoms with E-state index in [1.807, 2.05) is 30.0 Å². The first-order valence-corrected chi connectivity index (χ1v) is 7.22. The van der Waals surface area contributed by atoms with Gasteiger partial charge in [-0.1, -0.05) is 11.6 Å². The van der Waals surface area contributed by atoms with Crippen molar-refractivity contribution in [2.75, 3.05) is 19.5 Å². The lowest BCUT2D eigenvalue weighted by atomic mass is 10.0. The van der Waals surface area contributed by atoms with Crippen LogP contribution in [0.25, 0.3) is 0 Å². The molecule has 0 saturated carbocycles. The molecule has 0 aromatic heterocycles. The van der Waals surface area contributed by atoms with E-state index in [2.05, 4.69) is 0 Å². The maximum Gasteiger partial charge on any atom is 0.257 e. The molecule has 104 valence electrons. The van der Waals surface area contributed by atoms with Gasteiger partial charge in [-0.15, -0.1) is 11.6 Å². The Bertz CT molecular complexity index is 461. The minimum atomic E-state index is 0.0332. The van der Waals surface area contributed by atoms with Gasteiger partial charge in [0, 0.05) is 18.5 Å². The monoisotopic (exact) mass is 281 g/mol. The van der Waals surface area contributed by atoms with Crippen molar-refractivity contribution in [3.8, 4) is 5.75 Å². The van der Waals surface area contributed by atoms with Gasteiger partial charge < -0.3 is 9.64 Å². The second kappa shape index (κ2) is 6.29. The van der Waals surface area contributed by atoms with Crippen LogP contribution in [0.15, 0.2) is 18.2 Å². The van der Waals surface area contributed by atoms with Gasteiger partial charge in [-0.05, 0) is 38.3 Å². The average Bonchev–Trinajstić information content (AvgIpc) is 2.46. The molecule has 1 atom stereocenters. The summed E-state index contributed by atoms with van der Waals surface area (Å²) in [4.78, 5) is 14.6. The number of alkyl halides is 1. The number of carbonyl (C=O) groups excluding carboxylic acids is 1. The number of likely N-dealkylation sites (tertiary alicyclic amines) is 1. The summed E-state index contributed by atoms with van der Waals surface area (Å²) < 4.78 is 5.30. The van der Waals surface area contributed by atoms with E-state index in [1.54, 1.807) is 7.11 Å². The van der Waals surface area contributed by atoms with Crippen molar-refractivity contribution >= 4 is 17.5 Å². The average molecular weight is 282 g/mol. The van der Waals surface area contributed by atoms with Crippen molar-refractivity contribution in [1.82, 2.24) is 4.90 Å². The Morgan fingerprint density at radius 1 is 1.47 bits per heavy atom. The van der Waals surface area contributed by atoms with Crippen LogP contribution < -0.4 is 4.74 Å². The third kappa shape index (κ3) is 3.03. The second-order valence-corrected chi connectivity index (χ2v) is 5.31. The van der Waals surface area contributed by atoms with Crippen LogP contribution in [-0.4, -0.2) is 36.4 Å². The van der Waals surface area contributed by atoms with E-state index in [9.17, 15) is 4.79 Å². The molecule has 4 heteroatoms. The zero-order valence-electron chi connectivity index (χ0n) is 11.5. The highest BCUT2D eigenvalue weighted by Crippen LogP contribution is 2.26. The lowest BCUT2D eigenvalue weighted by Gasteiger charge is -2.35. The number of amides is 1. The highest BCUT2D eigenvalue weighted by Gasteiger charge is 2.28. The van der Waals surface area contributed by atoms with E-state index in [-0.39, 0.29) is 11.9 Å². The van der Waals surface area contributed by atoms with Crippen molar-refractivity contribution in [3.05, 3.63) is 29.3 Å². The van der Waals surface area contributed by atoms with Crippen LogP contribution in [0.4, 0.5) is 0 Å². The molecule has 1 unspecified atom stereocenters. The third-order valence-electron chi connectivity index (χ3n) is 3.65. The molecule has 1 fully saturated rings. The summed E-state index contributed by atoms with van der Waals surface area (Å²) in [5.74, 6) is 1.17. The van der Waals surface area contributed by atoms with Crippen LogP contribution in [0.2, 0.25) is 0 Å². The zero-order chi connectivity index (χ0) is 13.8. The Morgan fingerprint density at radius 3 is 2.95 bits per heavy atom. The molecule has 19 heavy (non-hydrogen) atoms. The first kappa shape index (κ1) is 14.2. The number of ether oxygens (including phenoxy) is 1. The first-order chi connectivity index (χ1) is 9.17. The lowest BCUT2D eigenvalue weighted by molar-refractivity contribution is 0.0635. The number of piperidine rings is 1. The Balaban J connectivity index is 2.29. The summed E-state index contributed by atoms with van der Waals surface area (Å²) in [6, 6.07) is 5.84. The second-order valence-electron chi connectivity index (χ2n) is 5.01. The molecule has 3 nitrogen and oxygen atoms in total. The van der Waals surface area contributed by atoms with Gasteiger partial charge in [0.1, 0.15) is 5.75 Å². The molecule has 0 N–H and O–H groups in total. The van der Waals surface area contributed by atoms with Crippen LogP contribution in [0.1, 0.15) is 35.2 Å². The van der Waals surface area contributed by atoms with Gasteiger partial charge in [0.25, 0.3) is 5.91 Å². The Morgan fingerprint density at radius 2 is 2.26 bits per heavy atom. The highest BCUT2D eigenvalue weighted by atomic mass is 35.5. The van der Waals surface area contributed by atoms with E-state index in [0.717, 1.165) is 31.4 Å². The van der Waals surface area contributed by atoms with Crippen LogP contribution >= 0.6 is 11.6 Å². The smallest absolute Gasteiger partial charge is 0.257 e. The first-order valence-electron chi connectivity index (χ1n) is 6.69. The fraction of sp³-hybridized carbons (Fsp3) is 0.533. The largest absolute Gasteiger partial charge is 0.496 e. The molecule has 1 aromatic rings. The summed E-state index contributed by atoms with van der Waals surface area (Å²) in [7, 11) is 1.59. The summed E-state index contributed by atoms with van der Waals surface area (Å²) in [6.45, 7) is 2.76. The Hall–Kier alpha value is -1.22. The summed E-state index contributed by atoms with van der Waals surface area (Å²) in [6.07, 6.45) is 3.18. The molecular formula is C15H20ClNO2. The molecule has 0 radical (unpaired) electrons. The molecule has 0 spiro atoms. The number of aryl methyl sites for hydroxylation is 1. The summed E-state index contributed by atoms with van der Waals surface area (Å²) in [5.41, 5.74) is 1.70. The van der Waals surface area contributed by atoms with Gasteiger partial charge in [-0.3, -0.25) is 4.79 Å². The predicted octanol–water partition coefficient (Wildman–Crippen LogP) is 3.24. The number of methoxy groups -OCH3 is 1. The molecule has 0 bridgehead atoms. The van der Waals surface area contributed by atoms with Crippen LogP contribution in [0.3, 0.4) is 0 Å². The van der Waals surface area contributed by atoms with Gasteiger partial charge >= 0.3 is 0 Å². The Labute approximate surface area is 119 Å². The van der Waals surface area contributed by atoms with Crippen molar-refractivity contribution in [2.24, 2.45) is 0 Å². The van der Waals surface area contributed by atoms with E-state index >= 15 is 0 Å². The van der Waals surface area contributed by atoms with Crippen LogP contribution in [0, 0.1) is 6.92 Å². The molecule has 2 rings (SSSR count).